The Hall–Kier alpha value is -3.09. The second kappa shape index (κ2) is 9.91. The van der Waals surface area contributed by atoms with E-state index in [2.05, 4.69) is 20.9 Å². The van der Waals surface area contributed by atoms with Crippen molar-refractivity contribution in [2.45, 2.75) is 58.2 Å². The Morgan fingerprint density at radius 3 is 2.76 bits per heavy atom. The number of rotatable bonds is 7. The summed E-state index contributed by atoms with van der Waals surface area (Å²) in [4.78, 5) is 27.8. The summed E-state index contributed by atoms with van der Waals surface area (Å²) in [5, 5.41) is 8.52. The highest BCUT2D eigenvalue weighted by Gasteiger charge is 2.17. The van der Waals surface area contributed by atoms with Crippen molar-refractivity contribution in [3.05, 3.63) is 53.7 Å². The van der Waals surface area contributed by atoms with Crippen LogP contribution in [-0.2, 0) is 11.3 Å². The lowest BCUT2D eigenvalue weighted by Crippen LogP contribution is -2.36. The molecule has 0 bridgehead atoms. The van der Waals surface area contributed by atoms with E-state index in [1.165, 1.54) is 19.8 Å². The number of hydrogen-bond donors (Lipinski definition) is 3. The van der Waals surface area contributed by atoms with Gasteiger partial charge in [-0.05, 0) is 61.9 Å². The van der Waals surface area contributed by atoms with Crippen LogP contribution in [0.1, 0.15) is 56.7 Å². The number of benzene rings is 1. The molecule has 1 heterocycles. The molecule has 154 valence electrons. The average molecular weight is 396 g/mol. The van der Waals surface area contributed by atoms with Crippen molar-refractivity contribution in [1.29, 1.82) is 0 Å². The number of nitrogens with zero attached hydrogens (tertiary/aromatic N) is 1. The average Bonchev–Trinajstić information content (AvgIpc) is 3.19. The predicted molar refractivity (Wildman–Crippen MR) is 112 cm³/mol. The van der Waals surface area contributed by atoms with Gasteiger partial charge in [0, 0.05) is 31.4 Å². The van der Waals surface area contributed by atoms with Crippen LogP contribution in [0.4, 0.5) is 10.5 Å². The summed E-state index contributed by atoms with van der Waals surface area (Å²) in [6.07, 6.45) is 6.52. The Morgan fingerprint density at radius 2 is 2.00 bits per heavy atom. The van der Waals surface area contributed by atoms with E-state index in [4.69, 9.17) is 4.74 Å². The number of pyridine rings is 1. The number of hydrogen-bond acceptors (Lipinski definition) is 4. The lowest BCUT2D eigenvalue weighted by Gasteiger charge is -2.16. The zero-order valence-electron chi connectivity index (χ0n) is 16.9. The van der Waals surface area contributed by atoms with Gasteiger partial charge in [0.05, 0.1) is 6.04 Å². The highest BCUT2D eigenvalue weighted by Crippen LogP contribution is 2.23. The SMILES string of the molecule is CC(=O)Nc1cccc(C(C)NC(=O)NCc2ccnc(OC3CCCC3)c2)c1. The molecule has 1 unspecified atom stereocenters. The molecule has 2 aromatic rings. The minimum absolute atomic E-state index is 0.130. The fourth-order valence-corrected chi connectivity index (χ4v) is 3.40. The maximum Gasteiger partial charge on any atom is 0.315 e. The summed E-state index contributed by atoms with van der Waals surface area (Å²) in [7, 11) is 0. The fraction of sp³-hybridized carbons (Fsp3) is 0.409. The molecule has 0 radical (unpaired) electrons. The standard InChI is InChI=1S/C22H28N4O3/c1-15(18-6-5-7-19(13-18)26-16(2)27)25-22(28)24-14-17-10-11-23-21(12-17)29-20-8-3-4-9-20/h5-7,10-13,15,20H,3-4,8-9,14H2,1-2H3,(H,26,27)(H2,24,25,28). The zero-order valence-corrected chi connectivity index (χ0v) is 16.9. The molecule has 1 saturated carbocycles. The van der Waals surface area contributed by atoms with Crippen molar-refractivity contribution in [3.63, 3.8) is 0 Å². The van der Waals surface area contributed by atoms with Crippen molar-refractivity contribution < 1.29 is 14.3 Å². The third-order valence-corrected chi connectivity index (χ3v) is 4.90. The van der Waals surface area contributed by atoms with Crippen LogP contribution in [0.15, 0.2) is 42.6 Å². The van der Waals surface area contributed by atoms with Gasteiger partial charge in [-0.1, -0.05) is 12.1 Å². The van der Waals surface area contributed by atoms with E-state index < -0.39 is 0 Å². The molecule has 3 amide bonds. The largest absolute Gasteiger partial charge is 0.474 e. The highest BCUT2D eigenvalue weighted by molar-refractivity contribution is 5.88. The number of urea groups is 1. The van der Waals surface area contributed by atoms with Crippen LogP contribution in [0.5, 0.6) is 5.88 Å². The van der Waals surface area contributed by atoms with Crippen LogP contribution in [0, 0.1) is 0 Å². The van der Waals surface area contributed by atoms with Gasteiger partial charge >= 0.3 is 6.03 Å². The molecule has 7 heteroatoms. The number of anilines is 1. The number of carbonyl (C=O) groups is 2. The predicted octanol–water partition coefficient (Wildman–Crippen LogP) is 3.92. The molecular weight excluding hydrogens is 368 g/mol. The lowest BCUT2D eigenvalue weighted by atomic mass is 10.1. The Kier molecular flexibility index (Phi) is 7.05. The van der Waals surface area contributed by atoms with Crippen molar-refractivity contribution in [3.8, 4) is 5.88 Å². The van der Waals surface area contributed by atoms with E-state index in [0.717, 1.165) is 24.0 Å². The van der Waals surface area contributed by atoms with E-state index in [1.807, 2.05) is 43.3 Å². The first-order valence-electron chi connectivity index (χ1n) is 10.0. The number of carbonyl (C=O) groups excluding carboxylic acids is 2. The summed E-state index contributed by atoms with van der Waals surface area (Å²) in [5.74, 6) is 0.480. The second-order valence-corrected chi connectivity index (χ2v) is 7.38. The van der Waals surface area contributed by atoms with Gasteiger partial charge in [-0.2, -0.15) is 0 Å². The van der Waals surface area contributed by atoms with Gasteiger partial charge in [-0.15, -0.1) is 0 Å². The molecule has 1 aliphatic rings. The molecule has 0 aliphatic heterocycles. The summed E-state index contributed by atoms with van der Waals surface area (Å²) in [6, 6.07) is 10.7. The van der Waals surface area contributed by atoms with Crippen LogP contribution in [0.25, 0.3) is 0 Å². The van der Waals surface area contributed by atoms with Gasteiger partial charge in [0.1, 0.15) is 6.10 Å². The van der Waals surface area contributed by atoms with Gasteiger partial charge in [-0.25, -0.2) is 9.78 Å². The Balaban J connectivity index is 1.50. The molecule has 1 aromatic heterocycles. The van der Waals surface area contributed by atoms with Gasteiger partial charge < -0.3 is 20.7 Å². The summed E-state index contributed by atoms with van der Waals surface area (Å²) in [5.41, 5.74) is 2.54. The Morgan fingerprint density at radius 1 is 1.21 bits per heavy atom. The van der Waals surface area contributed by atoms with Crippen molar-refractivity contribution in [2.75, 3.05) is 5.32 Å². The number of amides is 3. The smallest absolute Gasteiger partial charge is 0.315 e. The van der Waals surface area contributed by atoms with Crippen LogP contribution < -0.4 is 20.7 Å². The quantitative estimate of drug-likeness (QED) is 0.661. The first-order chi connectivity index (χ1) is 14.0. The van der Waals surface area contributed by atoms with Crippen molar-refractivity contribution in [1.82, 2.24) is 15.6 Å². The normalized spacial score (nSPS) is 14.8. The third-order valence-electron chi connectivity index (χ3n) is 4.90. The number of nitrogens with one attached hydrogen (secondary N) is 3. The first-order valence-corrected chi connectivity index (χ1v) is 10.0. The summed E-state index contributed by atoms with van der Waals surface area (Å²) >= 11 is 0. The summed E-state index contributed by atoms with van der Waals surface area (Å²) < 4.78 is 5.91. The van der Waals surface area contributed by atoms with Crippen molar-refractivity contribution in [2.24, 2.45) is 0 Å². The minimum Gasteiger partial charge on any atom is -0.474 e. The van der Waals surface area contributed by atoms with E-state index in [0.29, 0.717) is 18.1 Å². The van der Waals surface area contributed by atoms with E-state index >= 15 is 0 Å². The second-order valence-electron chi connectivity index (χ2n) is 7.38. The van der Waals surface area contributed by atoms with E-state index in [9.17, 15) is 9.59 Å². The Labute approximate surface area is 171 Å². The molecule has 7 nitrogen and oxygen atoms in total. The van der Waals surface area contributed by atoms with Crippen LogP contribution >= 0.6 is 0 Å². The molecule has 1 atom stereocenters. The number of ether oxygens (including phenoxy) is 1. The maximum absolute atomic E-state index is 12.3. The molecular formula is C22H28N4O3. The Bertz CT molecular complexity index is 849. The van der Waals surface area contributed by atoms with E-state index in [-0.39, 0.29) is 24.1 Å². The molecule has 0 spiro atoms. The van der Waals surface area contributed by atoms with Gasteiger partial charge in [0.2, 0.25) is 11.8 Å². The van der Waals surface area contributed by atoms with Crippen molar-refractivity contribution >= 4 is 17.6 Å². The minimum atomic E-state index is -0.266. The van der Waals surface area contributed by atoms with Gasteiger partial charge in [0.15, 0.2) is 0 Å². The van der Waals surface area contributed by atoms with Crippen LogP contribution in [0.2, 0.25) is 0 Å². The molecule has 3 rings (SSSR count). The summed E-state index contributed by atoms with van der Waals surface area (Å²) in [6.45, 7) is 3.74. The first kappa shape index (κ1) is 20.6. The molecule has 1 aromatic carbocycles. The zero-order chi connectivity index (χ0) is 20.6. The fourth-order valence-electron chi connectivity index (χ4n) is 3.40. The topological polar surface area (TPSA) is 92.4 Å². The highest BCUT2D eigenvalue weighted by atomic mass is 16.5. The van der Waals surface area contributed by atoms with Crippen LogP contribution in [-0.4, -0.2) is 23.0 Å². The molecule has 1 aliphatic carbocycles. The third kappa shape index (κ3) is 6.48. The van der Waals surface area contributed by atoms with E-state index in [1.54, 1.807) is 6.20 Å². The van der Waals surface area contributed by atoms with Gasteiger partial charge in [-0.3, -0.25) is 4.79 Å². The van der Waals surface area contributed by atoms with Crippen LogP contribution in [0.3, 0.4) is 0 Å². The maximum atomic E-state index is 12.3. The lowest BCUT2D eigenvalue weighted by molar-refractivity contribution is -0.114. The monoisotopic (exact) mass is 396 g/mol. The number of aromatic nitrogens is 1. The molecule has 29 heavy (non-hydrogen) atoms. The molecule has 1 fully saturated rings. The molecule has 0 saturated heterocycles. The molecule has 3 N–H and O–H groups in total. The van der Waals surface area contributed by atoms with Gasteiger partial charge in [0.25, 0.3) is 0 Å².